The average molecular weight is 624 g/mol. The predicted molar refractivity (Wildman–Crippen MR) is 171 cm³/mol. The number of pyridine rings is 1. The second-order valence-corrected chi connectivity index (χ2v) is 11.8. The molecule has 2 N–H and O–H groups in total. The largest absolute Gasteiger partial charge is 0.494 e. The average Bonchev–Trinajstić information content (AvgIpc) is 3.01. The van der Waals surface area contributed by atoms with E-state index in [1.165, 1.54) is 7.11 Å². The van der Waals surface area contributed by atoms with Crippen LogP contribution >= 0.6 is 11.6 Å². The van der Waals surface area contributed by atoms with E-state index in [-0.39, 0.29) is 18.5 Å². The highest BCUT2D eigenvalue weighted by atomic mass is 35.5. The molecule has 1 aliphatic carbocycles. The van der Waals surface area contributed by atoms with Gasteiger partial charge in [-0.25, -0.2) is 9.78 Å². The number of halogens is 1. The SMILES string of the molecule is CCOc1ccc(C)c(-c2ccc(C(=O)N[C@]3(C(=O)OC)CC[C@@H](O)CC3)nc2-c2ccc(Cl)c(OCCCN(C)C)c2)c1. The number of ether oxygens (including phenoxy) is 3. The van der Waals surface area contributed by atoms with Gasteiger partial charge in [0, 0.05) is 17.7 Å². The first-order chi connectivity index (χ1) is 21.1. The van der Waals surface area contributed by atoms with Gasteiger partial charge in [-0.15, -0.1) is 0 Å². The highest BCUT2D eigenvalue weighted by molar-refractivity contribution is 6.32. The zero-order valence-corrected chi connectivity index (χ0v) is 26.9. The monoisotopic (exact) mass is 623 g/mol. The van der Waals surface area contributed by atoms with Crippen LogP contribution in [0.2, 0.25) is 5.02 Å². The molecular weight excluding hydrogens is 582 g/mol. The summed E-state index contributed by atoms with van der Waals surface area (Å²) < 4.78 is 16.9. The Morgan fingerprint density at radius 2 is 1.82 bits per heavy atom. The summed E-state index contributed by atoms with van der Waals surface area (Å²) >= 11 is 6.52. The second-order valence-electron chi connectivity index (χ2n) is 11.4. The highest BCUT2D eigenvalue weighted by Gasteiger charge is 2.44. The van der Waals surface area contributed by atoms with Crippen LogP contribution in [0.5, 0.6) is 11.5 Å². The molecule has 1 saturated carbocycles. The van der Waals surface area contributed by atoms with Crippen molar-refractivity contribution < 1.29 is 28.9 Å². The van der Waals surface area contributed by atoms with E-state index in [1.807, 2.05) is 64.3 Å². The summed E-state index contributed by atoms with van der Waals surface area (Å²) in [7, 11) is 5.32. The van der Waals surface area contributed by atoms with Gasteiger partial charge in [0.05, 0.1) is 37.1 Å². The van der Waals surface area contributed by atoms with Crippen LogP contribution in [0.3, 0.4) is 0 Å². The number of carbonyl (C=O) groups is 2. The van der Waals surface area contributed by atoms with E-state index < -0.39 is 23.5 Å². The molecule has 4 rings (SSSR count). The van der Waals surface area contributed by atoms with Crippen LogP contribution in [-0.2, 0) is 9.53 Å². The first-order valence-corrected chi connectivity index (χ1v) is 15.4. The molecule has 3 aromatic rings. The van der Waals surface area contributed by atoms with Crippen LogP contribution in [0.25, 0.3) is 22.4 Å². The van der Waals surface area contributed by atoms with Crippen molar-refractivity contribution in [3.8, 4) is 33.9 Å². The number of aliphatic hydroxyl groups is 1. The number of rotatable bonds is 12. The van der Waals surface area contributed by atoms with E-state index in [4.69, 9.17) is 30.8 Å². The maximum absolute atomic E-state index is 13.7. The van der Waals surface area contributed by atoms with Crippen molar-refractivity contribution in [3.05, 3.63) is 64.8 Å². The number of methoxy groups -OCH3 is 1. The molecule has 1 amide bonds. The number of carbonyl (C=O) groups excluding carboxylic acids is 2. The molecule has 2 aromatic carbocycles. The van der Waals surface area contributed by atoms with Crippen LogP contribution < -0.4 is 14.8 Å². The fourth-order valence-corrected chi connectivity index (χ4v) is 5.62. The summed E-state index contributed by atoms with van der Waals surface area (Å²) in [5, 5.41) is 13.4. The minimum Gasteiger partial charge on any atom is -0.494 e. The maximum atomic E-state index is 13.7. The van der Waals surface area contributed by atoms with Crippen molar-refractivity contribution in [1.29, 1.82) is 0 Å². The molecule has 1 heterocycles. The number of hydrogen-bond acceptors (Lipinski definition) is 8. The fraction of sp³-hybridized carbons (Fsp3) is 0.441. The van der Waals surface area contributed by atoms with Crippen molar-refractivity contribution in [2.24, 2.45) is 0 Å². The predicted octanol–water partition coefficient (Wildman–Crippen LogP) is 5.68. The lowest BCUT2D eigenvalue weighted by atomic mass is 9.80. The Labute approximate surface area is 264 Å². The number of aryl methyl sites for hydroxylation is 1. The summed E-state index contributed by atoms with van der Waals surface area (Å²) in [6, 6.07) is 14.8. The van der Waals surface area contributed by atoms with Gasteiger partial charge >= 0.3 is 5.97 Å². The molecule has 236 valence electrons. The highest BCUT2D eigenvalue weighted by Crippen LogP contribution is 2.38. The first kappa shape index (κ1) is 33.2. The number of esters is 1. The van der Waals surface area contributed by atoms with Gasteiger partial charge in [0.15, 0.2) is 0 Å². The lowest BCUT2D eigenvalue weighted by molar-refractivity contribution is -0.150. The van der Waals surface area contributed by atoms with Crippen molar-refractivity contribution >= 4 is 23.5 Å². The third-order valence-electron chi connectivity index (χ3n) is 7.89. The number of nitrogens with one attached hydrogen (secondary N) is 1. The van der Waals surface area contributed by atoms with Gasteiger partial charge in [-0.05, 0) is 108 Å². The maximum Gasteiger partial charge on any atom is 0.331 e. The van der Waals surface area contributed by atoms with Crippen molar-refractivity contribution in [2.75, 3.05) is 41.0 Å². The molecule has 0 atom stereocenters. The van der Waals surface area contributed by atoms with E-state index in [0.29, 0.717) is 48.1 Å². The number of aromatic nitrogens is 1. The van der Waals surface area contributed by atoms with Gasteiger partial charge in [0.25, 0.3) is 5.91 Å². The second kappa shape index (κ2) is 14.9. The summed E-state index contributed by atoms with van der Waals surface area (Å²) in [6.45, 7) is 5.83. The summed E-state index contributed by atoms with van der Waals surface area (Å²) in [5.41, 5.74) is 2.88. The van der Waals surface area contributed by atoms with Gasteiger partial charge in [-0.3, -0.25) is 4.79 Å². The number of benzene rings is 2. The molecule has 10 heteroatoms. The Kier molecular flexibility index (Phi) is 11.2. The number of hydrogen-bond donors (Lipinski definition) is 2. The molecule has 0 unspecified atom stereocenters. The fourth-order valence-electron chi connectivity index (χ4n) is 5.45. The van der Waals surface area contributed by atoms with Gasteiger partial charge < -0.3 is 29.5 Å². The minimum absolute atomic E-state index is 0.139. The normalized spacial score (nSPS) is 18.1. The smallest absolute Gasteiger partial charge is 0.331 e. The Bertz CT molecular complexity index is 1470. The molecule has 1 fully saturated rings. The van der Waals surface area contributed by atoms with Gasteiger partial charge in [-0.1, -0.05) is 23.7 Å². The Morgan fingerprint density at radius 3 is 2.50 bits per heavy atom. The molecule has 1 aromatic heterocycles. The standard InChI is InChI=1S/C34H42ClN3O6/c1-6-43-25-10-8-22(2)27(21-25)26-11-13-29(32(40)37-34(33(41)42-5)16-14-24(39)15-17-34)36-31(26)23-9-12-28(35)30(20-23)44-19-7-18-38(3)4/h8-13,20-21,24,39H,6-7,14-19H2,1-5H3,(H,37,40)/t24-,34-. The summed E-state index contributed by atoms with van der Waals surface area (Å²) in [4.78, 5) is 33.5. The number of aliphatic hydroxyl groups excluding tert-OH is 1. The van der Waals surface area contributed by atoms with Gasteiger partial charge in [-0.2, -0.15) is 0 Å². The van der Waals surface area contributed by atoms with Crippen LogP contribution in [0.15, 0.2) is 48.5 Å². The molecule has 0 spiro atoms. The molecule has 0 radical (unpaired) electrons. The van der Waals surface area contributed by atoms with Crippen molar-refractivity contribution in [2.45, 2.75) is 57.6 Å². The van der Waals surface area contributed by atoms with E-state index in [1.54, 1.807) is 12.1 Å². The molecule has 9 nitrogen and oxygen atoms in total. The summed E-state index contributed by atoms with van der Waals surface area (Å²) in [6.07, 6.45) is 1.61. The van der Waals surface area contributed by atoms with Crippen LogP contribution in [0.1, 0.15) is 55.1 Å². The zero-order valence-electron chi connectivity index (χ0n) is 26.1. The molecule has 0 bridgehead atoms. The molecule has 44 heavy (non-hydrogen) atoms. The molecule has 0 saturated heterocycles. The van der Waals surface area contributed by atoms with E-state index in [0.717, 1.165) is 35.4 Å². The summed E-state index contributed by atoms with van der Waals surface area (Å²) in [5.74, 6) is 0.206. The third-order valence-corrected chi connectivity index (χ3v) is 8.20. The number of nitrogens with zero attached hydrogens (tertiary/aromatic N) is 2. The topological polar surface area (TPSA) is 110 Å². The van der Waals surface area contributed by atoms with Gasteiger partial charge in [0.2, 0.25) is 0 Å². The van der Waals surface area contributed by atoms with Crippen LogP contribution in [0.4, 0.5) is 0 Å². The lowest BCUT2D eigenvalue weighted by Gasteiger charge is -2.36. The van der Waals surface area contributed by atoms with Crippen molar-refractivity contribution in [1.82, 2.24) is 15.2 Å². The van der Waals surface area contributed by atoms with Crippen molar-refractivity contribution in [3.63, 3.8) is 0 Å². The molecule has 1 aliphatic rings. The Balaban J connectivity index is 1.77. The van der Waals surface area contributed by atoms with Crippen LogP contribution in [0, 0.1) is 6.92 Å². The molecule has 0 aliphatic heterocycles. The zero-order chi connectivity index (χ0) is 31.9. The quantitative estimate of drug-likeness (QED) is 0.196. The number of amides is 1. The van der Waals surface area contributed by atoms with Gasteiger partial charge in [0.1, 0.15) is 22.7 Å². The molecular formula is C34H42ClN3O6. The van der Waals surface area contributed by atoms with Crippen LogP contribution in [-0.4, -0.2) is 79.5 Å². The lowest BCUT2D eigenvalue weighted by Crippen LogP contribution is -2.57. The van der Waals surface area contributed by atoms with E-state index in [9.17, 15) is 14.7 Å². The Hall–Kier alpha value is -3.66. The Morgan fingerprint density at radius 1 is 1.07 bits per heavy atom. The van der Waals surface area contributed by atoms with E-state index >= 15 is 0 Å². The first-order valence-electron chi connectivity index (χ1n) is 15.0. The third kappa shape index (κ3) is 7.88. The minimum atomic E-state index is -1.23. The van der Waals surface area contributed by atoms with E-state index in [2.05, 4.69) is 10.2 Å².